The van der Waals surface area contributed by atoms with E-state index in [2.05, 4.69) is 10.5 Å². The fourth-order valence-electron chi connectivity index (χ4n) is 1.35. The summed E-state index contributed by atoms with van der Waals surface area (Å²) in [6.45, 7) is 0. The summed E-state index contributed by atoms with van der Waals surface area (Å²) >= 11 is 1.07. The van der Waals surface area contributed by atoms with Gasteiger partial charge in [-0.15, -0.1) is 0 Å². The Balaban J connectivity index is 1.96. The maximum Gasteiger partial charge on any atom is 0.324 e. The summed E-state index contributed by atoms with van der Waals surface area (Å²) in [7, 11) is 1.60. The van der Waals surface area contributed by atoms with E-state index in [0.717, 1.165) is 22.8 Å². The van der Waals surface area contributed by atoms with Gasteiger partial charge in [0, 0.05) is 6.07 Å². The van der Waals surface area contributed by atoms with Gasteiger partial charge in [-0.05, 0) is 30.3 Å². The summed E-state index contributed by atoms with van der Waals surface area (Å²) in [5.74, 6) is 0.767. The van der Waals surface area contributed by atoms with E-state index in [9.17, 15) is 10.1 Å². The van der Waals surface area contributed by atoms with Gasteiger partial charge in [-0.3, -0.25) is 15.5 Å². The zero-order valence-electron chi connectivity index (χ0n) is 10.1. The number of rotatable bonds is 5. The van der Waals surface area contributed by atoms with Crippen LogP contribution in [0.15, 0.2) is 41.5 Å². The van der Waals surface area contributed by atoms with E-state index in [1.54, 1.807) is 19.4 Å². The van der Waals surface area contributed by atoms with Crippen molar-refractivity contribution < 1.29 is 9.66 Å². The van der Waals surface area contributed by atoms with Crippen molar-refractivity contribution >= 4 is 28.2 Å². The van der Waals surface area contributed by atoms with Crippen LogP contribution < -0.4 is 10.2 Å². The number of hydrazone groups is 1. The molecule has 1 aromatic heterocycles. The second-order valence-corrected chi connectivity index (χ2v) is 4.63. The van der Waals surface area contributed by atoms with Crippen LogP contribution in [0.5, 0.6) is 5.75 Å². The van der Waals surface area contributed by atoms with Crippen molar-refractivity contribution in [3.05, 3.63) is 51.4 Å². The van der Waals surface area contributed by atoms with Gasteiger partial charge in [0.2, 0.25) is 0 Å². The largest absolute Gasteiger partial charge is 0.497 e. The Labute approximate surface area is 113 Å². The zero-order valence-corrected chi connectivity index (χ0v) is 10.9. The van der Waals surface area contributed by atoms with Gasteiger partial charge in [0.1, 0.15) is 5.75 Å². The molecule has 1 aromatic carbocycles. The first-order chi connectivity index (χ1) is 9.19. The lowest BCUT2D eigenvalue weighted by molar-refractivity contribution is -0.380. The van der Waals surface area contributed by atoms with E-state index in [1.807, 2.05) is 24.3 Å². The molecule has 0 unspecified atom stereocenters. The van der Waals surface area contributed by atoms with Gasteiger partial charge >= 0.3 is 5.00 Å². The lowest BCUT2D eigenvalue weighted by atomic mass is 10.3. The maximum absolute atomic E-state index is 10.5. The minimum Gasteiger partial charge on any atom is -0.497 e. The molecule has 7 heteroatoms. The molecule has 6 nitrogen and oxygen atoms in total. The number of nitrogens with one attached hydrogen (secondary N) is 1. The van der Waals surface area contributed by atoms with E-state index >= 15 is 0 Å². The van der Waals surface area contributed by atoms with E-state index in [4.69, 9.17) is 4.74 Å². The Bertz CT molecular complexity index is 593. The topological polar surface area (TPSA) is 76.8 Å². The predicted molar refractivity (Wildman–Crippen MR) is 75.2 cm³/mol. The molecule has 0 amide bonds. The number of thiophene rings is 1. The van der Waals surface area contributed by atoms with Gasteiger partial charge in [-0.1, -0.05) is 11.3 Å². The average Bonchev–Trinajstić information content (AvgIpc) is 2.89. The Morgan fingerprint density at radius 3 is 2.63 bits per heavy atom. The molecule has 1 heterocycles. The quantitative estimate of drug-likeness (QED) is 0.517. The molecule has 1 N–H and O–H groups in total. The lowest BCUT2D eigenvalue weighted by Crippen LogP contribution is -1.89. The summed E-state index contributed by atoms with van der Waals surface area (Å²) < 4.78 is 5.04. The van der Waals surface area contributed by atoms with E-state index < -0.39 is 4.92 Å². The van der Waals surface area contributed by atoms with Crippen LogP contribution in [0.4, 0.5) is 10.7 Å². The molecule has 0 saturated heterocycles. The molecule has 0 aliphatic heterocycles. The van der Waals surface area contributed by atoms with Crippen LogP contribution >= 0.6 is 11.3 Å². The van der Waals surface area contributed by atoms with Crippen molar-refractivity contribution in [2.45, 2.75) is 0 Å². The number of hydrogen-bond donors (Lipinski definition) is 1. The SMILES string of the molecule is COc1ccc(N/N=C/c2ccc([N+](=O)[O-])s2)cc1. The van der Waals surface area contributed by atoms with E-state index in [0.29, 0.717) is 4.88 Å². The second-order valence-electron chi connectivity index (χ2n) is 3.53. The highest BCUT2D eigenvalue weighted by Crippen LogP contribution is 2.22. The molecule has 2 rings (SSSR count). The number of methoxy groups -OCH3 is 1. The number of benzene rings is 1. The number of anilines is 1. The Hall–Kier alpha value is -2.41. The van der Waals surface area contributed by atoms with Gasteiger partial charge in [0.05, 0.1) is 28.8 Å². The summed E-state index contributed by atoms with van der Waals surface area (Å²) in [6, 6.07) is 10.4. The van der Waals surface area contributed by atoms with Crippen molar-refractivity contribution in [1.82, 2.24) is 0 Å². The van der Waals surface area contributed by atoms with Gasteiger partial charge in [-0.25, -0.2) is 0 Å². The molecular weight excluding hydrogens is 266 g/mol. The van der Waals surface area contributed by atoms with Crippen LogP contribution in [0.3, 0.4) is 0 Å². The van der Waals surface area contributed by atoms with Gasteiger partial charge in [0.15, 0.2) is 0 Å². The molecule has 0 saturated carbocycles. The van der Waals surface area contributed by atoms with Gasteiger partial charge in [0.25, 0.3) is 0 Å². The highest BCUT2D eigenvalue weighted by Gasteiger charge is 2.07. The van der Waals surface area contributed by atoms with Crippen LogP contribution in [0.1, 0.15) is 4.88 Å². The number of ether oxygens (including phenoxy) is 1. The molecule has 0 spiro atoms. The molecule has 0 aliphatic rings. The smallest absolute Gasteiger partial charge is 0.324 e. The fourth-order valence-corrected chi connectivity index (χ4v) is 2.04. The minimum absolute atomic E-state index is 0.103. The Morgan fingerprint density at radius 2 is 2.05 bits per heavy atom. The van der Waals surface area contributed by atoms with Crippen molar-refractivity contribution in [2.24, 2.45) is 5.10 Å². The highest BCUT2D eigenvalue weighted by atomic mass is 32.1. The third-order valence-electron chi connectivity index (χ3n) is 2.27. The maximum atomic E-state index is 10.5. The van der Waals surface area contributed by atoms with Crippen molar-refractivity contribution in [3.63, 3.8) is 0 Å². The normalized spacial score (nSPS) is 10.6. The molecule has 0 fully saturated rings. The molecule has 0 atom stereocenters. The summed E-state index contributed by atoms with van der Waals surface area (Å²) in [5.41, 5.74) is 3.64. The predicted octanol–water partition coefficient (Wildman–Crippen LogP) is 3.11. The van der Waals surface area contributed by atoms with Crippen molar-refractivity contribution in [1.29, 1.82) is 0 Å². The standard InChI is InChI=1S/C12H11N3O3S/c1-18-10-4-2-9(3-5-10)14-13-8-11-6-7-12(19-11)15(16)17/h2-8,14H,1H3/b13-8+. The second kappa shape index (κ2) is 5.96. The van der Waals surface area contributed by atoms with E-state index in [1.165, 1.54) is 6.07 Å². The van der Waals surface area contributed by atoms with Crippen LogP contribution in [0.25, 0.3) is 0 Å². The first kappa shape index (κ1) is 13.0. The number of nitrogens with zero attached hydrogens (tertiary/aromatic N) is 2. The minimum atomic E-state index is -0.418. The van der Waals surface area contributed by atoms with Gasteiger partial charge < -0.3 is 4.74 Å². The Kier molecular flexibility index (Phi) is 4.09. The van der Waals surface area contributed by atoms with Crippen molar-refractivity contribution in [2.75, 3.05) is 12.5 Å². The van der Waals surface area contributed by atoms with Crippen LogP contribution in [0.2, 0.25) is 0 Å². The summed E-state index contributed by atoms with van der Waals surface area (Å²) in [4.78, 5) is 10.8. The van der Waals surface area contributed by atoms with Crippen molar-refractivity contribution in [3.8, 4) is 5.75 Å². The highest BCUT2D eigenvalue weighted by molar-refractivity contribution is 7.16. The first-order valence-electron chi connectivity index (χ1n) is 5.36. The zero-order chi connectivity index (χ0) is 13.7. The third-order valence-corrected chi connectivity index (χ3v) is 3.24. The fraction of sp³-hybridized carbons (Fsp3) is 0.0833. The van der Waals surface area contributed by atoms with Gasteiger partial charge in [-0.2, -0.15) is 5.10 Å². The monoisotopic (exact) mass is 277 g/mol. The number of nitro groups is 1. The molecule has 19 heavy (non-hydrogen) atoms. The summed E-state index contributed by atoms with van der Waals surface area (Å²) in [6.07, 6.45) is 1.54. The molecule has 0 radical (unpaired) electrons. The third kappa shape index (κ3) is 3.52. The van der Waals surface area contributed by atoms with Crippen LogP contribution in [-0.4, -0.2) is 18.2 Å². The molecule has 0 aliphatic carbocycles. The molecular formula is C12H11N3O3S. The lowest BCUT2D eigenvalue weighted by Gasteiger charge is -2.01. The Morgan fingerprint density at radius 1 is 1.32 bits per heavy atom. The first-order valence-corrected chi connectivity index (χ1v) is 6.18. The summed E-state index contributed by atoms with van der Waals surface area (Å²) in [5, 5.41) is 14.6. The number of hydrogen-bond acceptors (Lipinski definition) is 6. The van der Waals surface area contributed by atoms with E-state index in [-0.39, 0.29) is 5.00 Å². The molecule has 2 aromatic rings. The van der Waals surface area contributed by atoms with Crippen LogP contribution in [-0.2, 0) is 0 Å². The van der Waals surface area contributed by atoms with Crippen LogP contribution in [0, 0.1) is 10.1 Å². The average molecular weight is 277 g/mol. The molecule has 98 valence electrons. The molecule has 0 bridgehead atoms.